The van der Waals surface area contributed by atoms with Crippen molar-refractivity contribution in [2.24, 2.45) is 0 Å². The monoisotopic (exact) mass is 480 g/mol. The van der Waals surface area contributed by atoms with Gasteiger partial charge in [0.2, 0.25) is 0 Å². The summed E-state index contributed by atoms with van der Waals surface area (Å²) in [7, 11) is 7.60. The molecule has 0 atom stereocenters. The van der Waals surface area contributed by atoms with Crippen LogP contribution >= 0.6 is 38.1 Å². The van der Waals surface area contributed by atoms with Crippen molar-refractivity contribution in [2.45, 2.75) is 49.2 Å². The minimum absolute atomic E-state index is 0.964. The molecule has 0 bridgehead atoms. The maximum absolute atomic E-state index is 2.75. The summed E-state index contributed by atoms with van der Waals surface area (Å²) in [5.41, 5.74) is 0. The zero-order valence-electron chi connectivity index (χ0n) is 12.1. The first-order valence-electron chi connectivity index (χ1n) is 6.13. The van der Waals surface area contributed by atoms with Crippen molar-refractivity contribution in [3.63, 3.8) is 0 Å². The quantitative estimate of drug-likeness (QED) is 0.430. The Morgan fingerprint density at radius 1 is 0.588 bits per heavy atom. The van der Waals surface area contributed by atoms with E-state index in [-0.39, 0.29) is 0 Å². The van der Waals surface area contributed by atoms with Crippen molar-refractivity contribution < 1.29 is 0 Å². The molecule has 0 aromatic rings. The molecular formula is C8H24Ge2S4Si3. The first kappa shape index (κ1) is 16.5. The maximum atomic E-state index is 2.75. The second-order valence-corrected chi connectivity index (χ2v) is 99.0. The van der Waals surface area contributed by atoms with Crippen LogP contribution in [0.25, 0.3) is 0 Å². The van der Waals surface area contributed by atoms with E-state index < -0.39 is 40.9 Å². The normalized spacial score (nSPS) is 35.3. The molecule has 2 heterocycles. The molecule has 2 aliphatic heterocycles. The van der Waals surface area contributed by atoms with Crippen molar-refractivity contribution in [3.8, 4) is 0 Å². The van der Waals surface area contributed by atoms with Crippen LogP contribution < -0.4 is 0 Å². The molecule has 0 radical (unpaired) electrons. The molecular weight excluding hydrogens is 454 g/mol. The predicted octanol–water partition coefficient (Wildman–Crippen LogP) is 5.36. The zero-order chi connectivity index (χ0) is 13.3. The third kappa shape index (κ3) is 2.76. The standard InChI is InChI=1S/C8H24Ge2S4Si3/c1-9(2)11-15(5,6)17(13-9)14-10(3,4)12-16(17,7)8/h1-8H3. The summed E-state index contributed by atoms with van der Waals surface area (Å²) in [5.74, 6) is 10.7. The molecule has 0 amide bonds. The molecule has 9 heteroatoms. The van der Waals surface area contributed by atoms with E-state index in [1.54, 1.807) is 0 Å². The van der Waals surface area contributed by atoms with E-state index >= 15 is 0 Å². The summed E-state index contributed by atoms with van der Waals surface area (Å²) >= 11 is 0. The van der Waals surface area contributed by atoms with E-state index in [1.807, 2.05) is 0 Å². The van der Waals surface area contributed by atoms with E-state index in [9.17, 15) is 0 Å². The van der Waals surface area contributed by atoms with Gasteiger partial charge in [-0.05, 0) is 0 Å². The second kappa shape index (κ2) is 4.56. The summed E-state index contributed by atoms with van der Waals surface area (Å²) in [6, 6.07) is 0. The molecule has 0 unspecified atom stereocenters. The van der Waals surface area contributed by atoms with Crippen molar-refractivity contribution >= 4 is 79.0 Å². The van der Waals surface area contributed by atoms with Gasteiger partial charge in [0.25, 0.3) is 0 Å². The fraction of sp³-hybridized carbons (Fsp3) is 1.00. The number of rotatable bonds is 0. The fourth-order valence-electron chi connectivity index (χ4n) is 3.33. The molecule has 2 fully saturated rings. The zero-order valence-corrected chi connectivity index (χ0v) is 22.6. The van der Waals surface area contributed by atoms with Gasteiger partial charge in [-0.15, -0.1) is 0 Å². The van der Waals surface area contributed by atoms with Gasteiger partial charge in [0.1, 0.15) is 0 Å². The Kier molecular flexibility index (Phi) is 4.43. The second-order valence-electron chi connectivity index (χ2n) is 6.85. The molecule has 0 saturated carbocycles. The first-order chi connectivity index (χ1) is 7.33. The molecule has 100 valence electrons. The molecule has 2 rings (SSSR count). The molecule has 0 aromatic heterocycles. The Hall–Kier alpha value is 3.14. The van der Waals surface area contributed by atoms with Crippen molar-refractivity contribution in [1.82, 2.24) is 0 Å². The average molecular weight is 478 g/mol. The Labute approximate surface area is 126 Å². The van der Waals surface area contributed by atoms with Gasteiger partial charge in [-0.1, -0.05) is 0 Å². The van der Waals surface area contributed by atoms with E-state index in [1.165, 1.54) is 0 Å². The summed E-state index contributed by atoms with van der Waals surface area (Å²) < 4.78 is 0. The van der Waals surface area contributed by atoms with Gasteiger partial charge in [-0.3, -0.25) is 0 Å². The van der Waals surface area contributed by atoms with Crippen LogP contribution in [0.4, 0.5) is 0 Å². The summed E-state index contributed by atoms with van der Waals surface area (Å²) in [6.07, 6.45) is 0. The van der Waals surface area contributed by atoms with Gasteiger partial charge in [0.15, 0.2) is 0 Å². The molecule has 17 heavy (non-hydrogen) atoms. The Balaban J connectivity index is 2.50. The van der Waals surface area contributed by atoms with Gasteiger partial charge in [-0.25, -0.2) is 0 Å². The van der Waals surface area contributed by atoms with Gasteiger partial charge in [-0.2, -0.15) is 0 Å². The topological polar surface area (TPSA) is 0 Å². The van der Waals surface area contributed by atoms with Crippen molar-refractivity contribution in [1.29, 1.82) is 0 Å². The van der Waals surface area contributed by atoms with Crippen LogP contribution in [-0.2, 0) is 0 Å². The van der Waals surface area contributed by atoms with Gasteiger partial charge < -0.3 is 0 Å². The summed E-state index contributed by atoms with van der Waals surface area (Å²) in [5, 5.41) is -0.992. The molecule has 0 aliphatic carbocycles. The molecule has 0 N–H and O–H groups in total. The van der Waals surface area contributed by atoms with E-state index in [0.29, 0.717) is 0 Å². The van der Waals surface area contributed by atoms with Crippen LogP contribution in [0.15, 0.2) is 0 Å². The van der Waals surface area contributed by atoms with E-state index in [2.05, 4.69) is 87.4 Å². The van der Waals surface area contributed by atoms with Crippen LogP contribution in [0.1, 0.15) is 0 Å². The van der Waals surface area contributed by atoms with Crippen LogP contribution in [0.5, 0.6) is 0 Å². The van der Waals surface area contributed by atoms with Crippen LogP contribution in [0.2, 0.25) is 49.2 Å². The fourth-order valence-corrected chi connectivity index (χ4v) is 455. The average Bonchev–Trinajstić information content (AvgIpc) is 2.22. The number of hydrogen-bond acceptors (Lipinski definition) is 4. The Morgan fingerprint density at radius 2 is 0.882 bits per heavy atom. The SMILES string of the molecule is C[Si]1(C)[S][Ge]([CH3])([CH3])[S][Si]12[S][Ge]([CH3])([CH3])[S][Si]2(C)C. The molecule has 1 spiro atoms. The van der Waals surface area contributed by atoms with Crippen LogP contribution in [-0.4, -0.2) is 40.9 Å². The van der Waals surface area contributed by atoms with Crippen molar-refractivity contribution in [2.75, 3.05) is 0 Å². The first-order valence-corrected chi connectivity index (χ1v) is 41.0. The molecule has 2 saturated heterocycles. The van der Waals surface area contributed by atoms with E-state index in [4.69, 9.17) is 0 Å². The molecule has 0 aromatic carbocycles. The van der Waals surface area contributed by atoms with Gasteiger partial charge in [0.05, 0.1) is 0 Å². The molecule has 2 aliphatic rings. The number of hydrogen-bond donors (Lipinski definition) is 0. The van der Waals surface area contributed by atoms with Crippen LogP contribution in [0, 0.1) is 0 Å². The molecule has 0 nitrogen and oxygen atoms in total. The summed E-state index contributed by atoms with van der Waals surface area (Å²) in [4.78, 5) is 0. The van der Waals surface area contributed by atoms with Gasteiger partial charge >= 0.3 is 128 Å². The third-order valence-electron chi connectivity index (χ3n) is 3.37. The van der Waals surface area contributed by atoms with E-state index in [0.717, 1.165) is 0 Å². The third-order valence-corrected chi connectivity index (χ3v) is 193. The Morgan fingerprint density at radius 3 is 1.06 bits per heavy atom. The Bertz CT molecular complexity index is 325. The minimum atomic E-state index is -1.50. The van der Waals surface area contributed by atoms with Crippen molar-refractivity contribution in [3.05, 3.63) is 0 Å². The predicted molar refractivity (Wildman–Crippen MR) is 106 cm³/mol. The van der Waals surface area contributed by atoms with Crippen LogP contribution in [0.3, 0.4) is 0 Å². The summed E-state index contributed by atoms with van der Waals surface area (Å²) in [6.45, 7) is 9.08. The van der Waals surface area contributed by atoms with Gasteiger partial charge in [0, 0.05) is 0 Å².